The summed E-state index contributed by atoms with van der Waals surface area (Å²) in [4.78, 5) is 9.05. The Kier molecular flexibility index (Phi) is 3.07. The molecule has 1 aromatic carbocycles. The first-order valence-electron chi connectivity index (χ1n) is 7.29. The van der Waals surface area contributed by atoms with Crippen LogP contribution in [0.25, 0.3) is 17.0 Å². The zero-order valence-corrected chi connectivity index (χ0v) is 13.6. The van der Waals surface area contributed by atoms with Crippen LogP contribution >= 0.6 is 0 Å². The molecule has 0 spiro atoms. The number of hydrogen-bond donors (Lipinski definition) is 2. The average molecular weight is 338 g/mol. The summed E-state index contributed by atoms with van der Waals surface area (Å²) in [6.07, 6.45) is 6.56. The van der Waals surface area contributed by atoms with Gasteiger partial charge >= 0.3 is 0 Å². The van der Waals surface area contributed by atoms with E-state index >= 15 is 0 Å². The lowest BCUT2D eigenvalue weighted by Gasteiger charge is -2.11. The topological polar surface area (TPSA) is 98.0 Å². The van der Waals surface area contributed by atoms with Crippen molar-refractivity contribution in [2.24, 2.45) is 0 Å². The fourth-order valence-electron chi connectivity index (χ4n) is 2.80. The highest BCUT2D eigenvalue weighted by Crippen LogP contribution is 2.37. The Bertz CT molecular complexity index is 1120. The van der Waals surface area contributed by atoms with Crippen molar-refractivity contribution in [3.05, 3.63) is 53.3 Å². The molecular formula is C17H14N4O2S. The molecule has 24 heavy (non-hydrogen) atoms. The van der Waals surface area contributed by atoms with E-state index in [9.17, 15) is 8.42 Å². The SMILES string of the molecule is CC1=Cc2cc3nccc(Nc4cncc(N)c4)c3cc2S1(=O)=O. The predicted molar refractivity (Wildman–Crippen MR) is 94.5 cm³/mol. The number of anilines is 3. The summed E-state index contributed by atoms with van der Waals surface area (Å²) < 4.78 is 24.8. The van der Waals surface area contributed by atoms with Crippen LogP contribution in [0.5, 0.6) is 0 Å². The maximum atomic E-state index is 12.4. The van der Waals surface area contributed by atoms with Gasteiger partial charge in [-0.3, -0.25) is 9.97 Å². The van der Waals surface area contributed by atoms with Gasteiger partial charge in [-0.25, -0.2) is 8.42 Å². The van der Waals surface area contributed by atoms with Crippen molar-refractivity contribution >= 4 is 43.9 Å². The third-order valence-electron chi connectivity index (χ3n) is 3.98. The molecule has 4 rings (SSSR count). The van der Waals surface area contributed by atoms with Gasteiger partial charge in [0, 0.05) is 28.4 Å². The van der Waals surface area contributed by atoms with Crippen molar-refractivity contribution < 1.29 is 8.42 Å². The second-order valence-corrected chi connectivity index (χ2v) is 7.75. The number of benzene rings is 1. The van der Waals surface area contributed by atoms with E-state index in [0.29, 0.717) is 21.1 Å². The summed E-state index contributed by atoms with van der Waals surface area (Å²) in [6, 6.07) is 7.01. The zero-order valence-electron chi connectivity index (χ0n) is 12.8. The third kappa shape index (κ3) is 2.21. The summed E-state index contributed by atoms with van der Waals surface area (Å²) in [5, 5.41) is 3.95. The summed E-state index contributed by atoms with van der Waals surface area (Å²) in [5.74, 6) is 0. The number of nitrogens with one attached hydrogen (secondary N) is 1. The van der Waals surface area contributed by atoms with E-state index in [4.69, 9.17) is 5.73 Å². The van der Waals surface area contributed by atoms with Gasteiger partial charge in [0.2, 0.25) is 9.84 Å². The van der Waals surface area contributed by atoms with Crippen LogP contribution in [0, 0.1) is 0 Å². The van der Waals surface area contributed by atoms with Crippen molar-refractivity contribution in [1.29, 1.82) is 0 Å². The monoisotopic (exact) mass is 338 g/mol. The second-order valence-electron chi connectivity index (χ2n) is 5.66. The average Bonchev–Trinajstić information content (AvgIpc) is 2.75. The molecule has 0 unspecified atom stereocenters. The van der Waals surface area contributed by atoms with Gasteiger partial charge < -0.3 is 11.1 Å². The molecule has 0 atom stereocenters. The lowest BCUT2D eigenvalue weighted by molar-refractivity contribution is 0.603. The van der Waals surface area contributed by atoms with E-state index in [1.54, 1.807) is 55.9 Å². The van der Waals surface area contributed by atoms with Crippen LogP contribution in [0.1, 0.15) is 12.5 Å². The van der Waals surface area contributed by atoms with E-state index in [0.717, 1.165) is 22.3 Å². The molecule has 0 saturated heterocycles. The molecule has 1 aliphatic heterocycles. The first-order chi connectivity index (χ1) is 11.4. The Labute approximate surface area is 139 Å². The van der Waals surface area contributed by atoms with E-state index in [2.05, 4.69) is 15.3 Å². The predicted octanol–water partition coefficient (Wildman–Crippen LogP) is 3.10. The number of nitrogens with zero attached hydrogens (tertiary/aromatic N) is 2. The molecule has 6 nitrogen and oxygen atoms in total. The number of nitrogen functional groups attached to an aromatic ring is 1. The molecule has 0 radical (unpaired) electrons. The van der Waals surface area contributed by atoms with Crippen molar-refractivity contribution in [3.8, 4) is 0 Å². The molecule has 7 heteroatoms. The smallest absolute Gasteiger partial charge is 0.203 e. The molecular weight excluding hydrogens is 324 g/mol. The minimum atomic E-state index is -3.40. The van der Waals surface area contributed by atoms with Crippen LogP contribution < -0.4 is 11.1 Å². The van der Waals surface area contributed by atoms with E-state index in [1.807, 2.05) is 0 Å². The molecule has 3 heterocycles. The third-order valence-corrected chi connectivity index (χ3v) is 5.88. The highest BCUT2D eigenvalue weighted by molar-refractivity contribution is 7.95. The van der Waals surface area contributed by atoms with Crippen LogP contribution in [-0.2, 0) is 9.84 Å². The fraction of sp³-hybridized carbons (Fsp3) is 0.0588. The molecule has 2 aromatic heterocycles. The van der Waals surface area contributed by atoms with Crippen molar-refractivity contribution in [2.45, 2.75) is 11.8 Å². The maximum Gasteiger partial charge on any atom is 0.203 e. The maximum absolute atomic E-state index is 12.4. The molecule has 1 aliphatic rings. The zero-order chi connectivity index (χ0) is 16.9. The molecule has 120 valence electrons. The molecule has 0 saturated carbocycles. The first kappa shape index (κ1) is 14.6. The van der Waals surface area contributed by atoms with Crippen LogP contribution in [0.15, 0.2) is 52.7 Å². The number of nitrogens with two attached hydrogens (primary N) is 1. The Morgan fingerprint density at radius 1 is 1.17 bits per heavy atom. The Morgan fingerprint density at radius 2 is 2.00 bits per heavy atom. The van der Waals surface area contributed by atoms with Gasteiger partial charge in [0.05, 0.1) is 28.0 Å². The van der Waals surface area contributed by atoms with Crippen LogP contribution in [0.4, 0.5) is 17.1 Å². The van der Waals surface area contributed by atoms with E-state index in [1.165, 1.54) is 0 Å². The minimum Gasteiger partial charge on any atom is -0.397 e. The molecule has 3 aromatic rings. The highest BCUT2D eigenvalue weighted by atomic mass is 32.2. The van der Waals surface area contributed by atoms with Crippen molar-refractivity contribution in [2.75, 3.05) is 11.1 Å². The molecule has 0 aliphatic carbocycles. The van der Waals surface area contributed by atoms with Gasteiger partial charge in [0.25, 0.3) is 0 Å². The van der Waals surface area contributed by atoms with Crippen molar-refractivity contribution in [1.82, 2.24) is 9.97 Å². The van der Waals surface area contributed by atoms with Crippen LogP contribution in [0.2, 0.25) is 0 Å². The Balaban J connectivity index is 1.89. The highest BCUT2D eigenvalue weighted by Gasteiger charge is 2.27. The molecule has 0 fully saturated rings. The minimum absolute atomic E-state index is 0.314. The van der Waals surface area contributed by atoms with Gasteiger partial charge in [-0.05, 0) is 42.8 Å². The standard InChI is InChI=1S/C17H14N4O2S/c1-10-4-11-5-16-14(7-17(11)24(10,22)23)15(2-3-20-16)21-13-6-12(18)8-19-9-13/h2-9H,18H2,1H3,(H,20,21). The molecule has 0 bridgehead atoms. The van der Waals surface area contributed by atoms with E-state index in [-0.39, 0.29) is 0 Å². The van der Waals surface area contributed by atoms with Gasteiger partial charge in [0.15, 0.2) is 0 Å². The fourth-order valence-corrected chi connectivity index (χ4v) is 4.13. The van der Waals surface area contributed by atoms with Crippen LogP contribution in [-0.4, -0.2) is 18.4 Å². The largest absolute Gasteiger partial charge is 0.397 e. The number of pyridine rings is 2. The first-order valence-corrected chi connectivity index (χ1v) is 8.77. The van der Waals surface area contributed by atoms with Gasteiger partial charge in [-0.1, -0.05) is 0 Å². The lowest BCUT2D eigenvalue weighted by Crippen LogP contribution is -1.99. The number of sulfone groups is 1. The van der Waals surface area contributed by atoms with Crippen LogP contribution in [0.3, 0.4) is 0 Å². The summed E-state index contributed by atoms with van der Waals surface area (Å²) in [7, 11) is -3.40. The lowest BCUT2D eigenvalue weighted by atomic mass is 10.1. The number of fused-ring (bicyclic) bond motifs is 2. The van der Waals surface area contributed by atoms with Crippen molar-refractivity contribution in [3.63, 3.8) is 0 Å². The Hall–Kier alpha value is -2.93. The molecule has 0 amide bonds. The number of allylic oxidation sites excluding steroid dienone is 1. The quantitative estimate of drug-likeness (QED) is 0.745. The summed E-state index contributed by atoms with van der Waals surface area (Å²) in [5.41, 5.74) is 9.15. The molecule has 3 N–H and O–H groups in total. The van der Waals surface area contributed by atoms with E-state index < -0.39 is 9.84 Å². The normalized spacial score (nSPS) is 15.1. The van der Waals surface area contributed by atoms with Gasteiger partial charge in [-0.2, -0.15) is 0 Å². The van der Waals surface area contributed by atoms with Gasteiger partial charge in [-0.15, -0.1) is 0 Å². The number of hydrogen-bond acceptors (Lipinski definition) is 6. The Morgan fingerprint density at radius 3 is 2.79 bits per heavy atom. The number of aromatic nitrogens is 2. The summed E-state index contributed by atoms with van der Waals surface area (Å²) in [6.45, 7) is 1.60. The summed E-state index contributed by atoms with van der Waals surface area (Å²) >= 11 is 0. The van der Waals surface area contributed by atoms with Gasteiger partial charge in [0.1, 0.15) is 0 Å². The second kappa shape index (κ2) is 5.04. The number of rotatable bonds is 2.